The van der Waals surface area contributed by atoms with Crippen LogP contribution in [0.3, 0.4) is 0 Å². The summed E-state index contributed by atoms with van der Waals surface area (Å²) in [6, 6.07) is 0. The second-order valence-corrected chi connectivity index (χ2v) is 4.19. The molecule has 0 heterocycles. The van der Waals surface area contributed by atoms with Gasteiger partial charge in [-0.15, -0.1) is 0 Å². The molecule has 0 spiro atoms. The Hall–Kier alpha value is -0.480. The number of aliphatic carboxylic acids is 1. The van der Waals surface area contributed by atoms with E-state index in [2.05, 4.69) is 0 Å². The maximum Gasteiger partial charge on any atom is 0.331 e. The first-order valence-electron chi connectivity index (χ1n) is 4.26. The van der Waals surface area contributed by atoms with Crippen LogP contribution in [0.1, 0.15) is 20.3 Å². The minimum atomic E-state index is -0.847. The molecule has 0 rings (SSSR count). The molecule has 0 amide bonds. The number of thioether (sulfide) groups is 1. The third-order valence-electron chi connectivity index (χ3n) is 1.62. The average Bonchev–Trinajstić information content (AvgIpc) is 2.11. The van der Waals surface area contributed by atoms with E-state index < -0.39 is 5.97 Å². The van der Waals surface area contributed by atoms with E-state index in [1.165, 1.54) is 0 Å². The van der Waals surface area contributed by atoms with Crippen LogP contribution >= 0.6 is 11.8 Å². The van der Waals surface area contributed by atoms with Crippen LogP contribution in [0.5, 0.6) is 0 Å². The number of carboxylic acids is 1. The third-order valence-corrected chi connectivity index (χ3v) is 2.70. The van der Waals surface area contributed by atoms with E-state index in [4.69, 9.17) is 10.2 Å². The molecule has 0 radical (unpaired) electrons. The summed E-state index contributed by atoms with van der Waals surface area (Å²) in [4.78, 5) is 10.5. The number of carbonyl (C=O) groups is 1. The molecule has 1 atom stereocenters. The Morgan fingerprint density at radius 2 is 2.23 bits per heavy atom. The quantitative estimate of drug-likeness (QED) is 0.644. The fourth-order valence-corrected chi connectivity index (χ4v) is 1.48. The number of carboxylic acid groups (broad SMARTS) is 1. The van der Waals surface area contributed by atoms with Crippen molar-refractivity contribution in [2.24, 2.45) is 0 Å². The van der Waals surface area contributed by atoms with Crippen LogP contribution in [0.4, 0.5) is 0 Å². The summed E-state index contributed by atoms with van der Waals surface area (Å²) in [6.07, 6.45) is 2.25. The zero-order valence-corrected chi connectivity index (χ0v) is 8.80. The highest BCUT2D eigenvalue weighted by atomic mass is 32.2. The summed E-state index contributed by atoms with van der Waals surface area (Å²) < 4.78 is 0. The van der Waals surface area contributed by atoms with E-state index in [9.17, 15) is 4.79 Å². The van der Waals surface area contributed by atoms with Crippen molar-refractivity contribution < 1.29 is 15.0 Å². The minimum Gasteiger partial charge on any atom is -0.478 e. The molecule has 0 aromatic carbocycles. The summed E-state index contributed by atoms with van der Waals surface area (Å²) in [5, 5.41) is 17.5. The Labute approximate surface area is 82.8 Å². The minimum absolute atomic E-state index is 0.132. The van der Waals surface area contributed by atoms with E-state index in [1.807, 2.05) is 13.8 Å². The van der Waals surface area contributed by atoms with Gasteiger partial charge in [0.1, 0.15) is 0 Å². The lowest BCUT2D eigenvalue weighted by Crippen LogP contribution is -2.04. The SMILES string of the molecule is CCC(=CCSC(C)CO)C(=O)O. The Kier molecular flexibility index (Phi) is 6.72. The molecule has 2 N–H and O–H groups in total. The van der Waals surface area contributed by atoms with E-state index in [0.717, 1.165) is 0 Å². The van der Waals surface area contributed by atoms with Crippen molar-refractivity contribution >= 4 is 17.7 Å². The maximum absolute atomic E-state index is 10.5. The number of hydrogen-bond donors (Lipinski definition) is 2. The van der Waals surface area contributed by atoms with Crippen LogP contribution in [0.2, 0.25) is 0 Å². The van der Waals surface area contributed by atoms with Crippen molar-refractivity contribution in [2.75, 3.05) is 12.4 Å². The van der Waals surface area contributed by atoms with Crippen molar-refractivity contribution in [3.8, 4) is 0 Å². The molecule has 0 saturated heterocycles. The molecular formula is C9H16O3S. The summed E-state index contributed by atoms with van der Waals surface area (Å²) in [7, 11) is 0. The van der Waals surface area contributed by atoms with Crippen LogP contribution < -0.4 is 0 Å². The van der Waals surface area contributed by atoms with Crippen LogP contribution in [0, 0.1) is 0 Å². The molecule has 0 bridgehead atoms. The van der Waals surface area contributed by atoms with Gasteiger partial charge in [-0.2, -0.15) is 11.8 Å². The lowest BCUT2D eigenvalue weighted by atomic mass is 10.2. The predicted octanol–water partition coefficient (Wildman–Crippen LogP) is 1.52. The molecule has 0 aromatic heterocycles. The Morgan fingerprint density at radius 1 is 1.62 bits per heavy atom. The van der Waals surface area contributed by atoms with Crippen LogP contribution in [-0.2, 0) is 4.79 Å². The normalized spacial score (nSPS) is 14.2. The van der Waals surface area contributed by atoms with Gasteiger partial charge in [-0.05, 0) is 6.42 Å². The van der Waals surface area contributed by atoms with Gasteiger partial charge in [-0.1, -0.05) is 19.9 Å². The first kappa shape index (κ1) is 12.5. The number of hydrogen-bond acceptors (Lipinski definition) is 3. The van der Waals surface area contributed by atoms with Crippen molar-refractivity contribution in [3.05, 3.63) is 11.6 Å². The van der Waals surface area contributed by atoms with Gasteiger partial charge in [0, 0.05) is 16.6 Å². The van der Waals surface area contributed by atoms with E-state index in [0.29, 0.717) is 17.7 Å². The second kappa shape index (κ2) is 6.97. The highest BCUT2D eigenvalue weighted by molar-refractivity contribution is 8.00. The fourth-order valence-electron chi connectivity index (χ4n) is 0.749. The number of aliphatic hydroxyl groups excluding tert-OH is 1. The summed E-state index contributed by atoms with van der Waals surface area (Å²) in [6.45, 7) is 3.86. The molecule has 0 aliphatic carbocycles. The lowest BCUT2D eigenvalue weighted by Gasteiger charge is -2.04. The van der Waals surface area contributed by atoms with Crippen molar-refractivity contribution in [1.82, 2.24) is 0 Å². The van der Waals surface area contributed by atoms with Gasteiger partial charge < -0.3 is 10.2 Å². The van der Waals surface area contributed by atoms with Gasteiger partial charge in [0.2, 0.25) is 0 Å². The van der Waals surface area contributed by atoms with Gasteiger partial charge in [0.25, 0.3) is 0 Å². The number of rotatable bonds is 6. The highest BCUT2D eigenvalue weighted by Crippen LogP contribution is 2.11. The Balaban J connectivity index is 3.87. The molecule has 0 aromatic rings. The average molecular weight is 204 g/mol. The van der Waals surface area contributed by atoms with E-state index in [1.54, 1.807) is 17.8 Å². The smallest absolute Gasteiger partial charge is 0.331 e. The lowest BCUT2D eigenvalue weighted by molar-refractivity contribution is -0.132. The third kappa shape index (κ3) is 5.71. The second-order valence-electron chi connectivity index (χ2n) is 2.71. The number of aliphatic hydroxyl groups is 1. The Morgan fingerprint density at radius 3 is 2.62 bits per heavy atom. The van der Waals surface area contributed by atoms with Crippen molar-refractivity contribution in [2.45, 2.75) is 25.5 Å². The molecule has 1 unspecified atom stereocenters. The van der Waals surface area contributed by atoms with Crippen LogP contribution in [-0.4, -0.2) is 33.8 Å². The first-order chi connectivity index (χ1) is 6.11. The van der Waals surface area contributed by atoms with E-state index in [-0.39, 0.29) is 11.9 Å². The van der Waals surface area contributed by atoms with Crippen molar-refractivity contribution in [3.63, 3.8) is 0 Å². The molecule has 0 aliphatic heterocycles. The molecule has 0 fully saturated rings. The van der Waals surface area contributed by atoms with Crippen LogP contribution in [0.15, 0.2) is 11.6 Å². The zero-order chi connectivity index (χ0) is 10.3. The predicted molar refractivity (Wildman–Crippen MR) is 55.0 cm³/mol. The van der Waals surface area contributed by atoms with Crippen LogP contribution in [0.25, 0.3) is 0 Å². The molecule has 0 saturated carbocycles. The Bertz CT molecular complexity index is 189. The fraction of sp³-hybridized carbons (Fsp3) is 0.667. The molecule has 0 aliphatic rings. The standard InChI is InChI=1S/C9H16O3S/c1-3-8(9(11)12)4-5-13-7(2)6-10/h4,7,10H,3,5-6H2,1-2H3,(H,11,12). The largest absolute Gasteiger partial charge is 0.478 e. The topological polar surface area (TPSA) is 57.5 Å². The van der Waals surface area contributed by atoms with Gasteiger partial charge in [-0.25, -0.2) is 4.79 Å². The summed E-state index contributed by atoms with van der Waals surface area (Å²) in [5.74, 6) is -0.197. The monoisotopic (exact) mass is 204 g/mol. The van der Waals surface area contributed by atoms with E-state index >= 15 is 0 Å². The summed E-state index contributed by atoms with van der Waals surface area (Å²) in [5.41, 5.74) is 0.442. The van der Waals surface area contributed by atoms with Gasteiger partial charge in [0.05, 0.1) is 6.61 Å². The zero-order valence-electron chi connectivity index (χ0n) is 7.99. The van der Waals surface area contributed by atoms with Crippen molar-refractivity contribution in [1.29, 1.82) is 0 Å². The van der Waals surface area contributed by atoms with Gasteiger partial charge in [0.15, 0.2) is 0 Å². The van der Waals surface area contributed by atoms with Gasteiger partial charge >= 0.3 is 5.97 Å². The molecular weight excluding hydrogens is 188 g/mol. The first-order valence-corrected chi connectivity index (χ1v) is 5.31. The molecule has 76 valence electrons. The molecule has 13 heavy (non-hydrogen) atoms. The van der Waals surface area contributed by atoms with Gasteiger partial charge in [-0.3, -0.25) is 0 Å². The molecule has 3 nitrogen and oxygen atoms in total. The molecule has 4 heteroatoms. The highest BCUT2D eigenvalue weighted by Gasteiger charge is 2.04. The maximum atomic E-state index is 10.5. The summed E-state index contributed by atoms with van der Waals surface area (Å²) >= 11 is 1.55.